The lowest BCUT2D eigenvalue weighted by atomic mass is 9.94. The molecule has 0 aromatic heterocycles. The van der Waals surface area contributed by atoms with Crippen LogP contribution in [0.25, 0.3) is 5.76 Å². The number of hydrogen-bond donors (Lipinski definition) is 1. The minimum atomic E-state index is -0.736. The average Bonchev–Trinajstić information content (AvgIpc) is 3.42. The summed E-state index contributed by atoms with van der Waals surface area (Å²) in [6.45, 7) is 3.36. The van der Waals surface area contributed by atoms with Crippen LogP contribution < -0.4 is 9.47 Å². The van der Waals surface area contributed by atoms with E-state index < -0.39 is 17.7 Å². The van der Waals surface area contributed by atoms with E-state index in [1.807, 2.05) is 19.1 Å². The number of para-hydroxylation sites is 1. The van der Waals surface area contributed by atoms with Crippen LogP contribution in [0, 0.1) is 0 Å². The molecule has 168 valence electrons. The summed E-state index contributed by atoms with van der Waals surface area (Å²) in [5, 5.41) is 11.2. The van der Waals surface area contributed by atoms with Gasteiger partial charge in [-0.25, -0.2) is 0 Å². The fraction of sp³-hybridized carbons (Fsp3) is 0.360. The van der Waals surface area contributed by atoms with E-state index in [0.717, 1.165) is 12.8 Å². The molecule has 1 amide bonds. The Morgan fingerprint density at radius 3 is 2.56 bits per heavy atom. The van der Waals surface area contributed by atoms with Crippen LogP contribution in [0.3, 0.4) is 0 Å². The maximum atomic E-state index is 13.1. The number of ketones is 1. The number of carbonyl (C=O) groups excluding carboxylic acids is 2. The molecular formula is C25H27NO6. The van der Waals surface area contributed by atoms with E-state index in [1.54, 1.807) is 36.4 Å². The Kier molecular flexibility index (Phi) is 6.46. The van der Waals surface area contributed by atoms with Crippen LogP contribution in [0.1, 0.15) is 36.9 Å². The lowest BCUT2D eigenvalue weighted by Crippen LogP contribution is -2.36. The summed E-state index contributed by atoms with van der Waals surface area (Å²) in [7, 11) is 1.49. The number of carbonyl (C=O) groups is 2. The molecule has 2 aromatic carbocycles. The van der Waals surface area contributed by atoms with Crippen LogP contribution in [0.4, 0.5) is 0 Å². The fourth-order valence-electron chi connectivity index (χ4n) is 4.32. The molecule has 2 aromatic rings. The van der Waals surface area contributed by atoms with Crippen molar-refractivity contribution in [3.8, 4) is 11.5 Å². The van der Waals surface area contributed by atoms with Gasteiger partial charge >= 0.3 is 0 Å². The maximum absolute atomic E-state index is 13.1. The first kappa shape index (κ1) is 21.9. The Bertz CT molecular complexity index is 1020. The predicted octanol–water partition coefficient (Wildman–Crippen LogP) is 3.69. The number of methoxy groups -OCH3 is 1. The number of benzene rings is 2. The lowest BCUT2D eigenvalue weighted by Gasteiger charge is -2.27. The molecule has 2 heterocycles. The van der Waals surface area contributed by atoms with Gasteiger partial charge in [0.1, 0.15) is 17.3 Å². The summed E-state index contributed by atoms with van der Waals surface area (Å²) >= 11 is 0. The van der Waals surface area contributed by atoms with Crippen LogP contribution in [0.2, 0.25) is 0 Å². The molecule has 0 bridgehead atoms. The molecule has 2 aliphatic rings. The molecule has 2 saturated heterocycles. The summed E-state index contributed by atoms with van der Waals surface area (Å²) < 4.78 is 16.6. The van der Waals surface area contributed by atoms with E-state index in [-0.39, 0.29) is 24.0 Å². The van der Waals surface area contributed by atoms with Gasteiger partial charge in [-0.2, -0.15) is 0 Å². The van der Waals surface area contributed by atoms with Crippen molar-refractivity contribution in [2.75, 3.05) is 26.9 Å². The average molecular weight is 437 g/mol. The summed E-state index contributed by atoms with van der Waals surface area (Å²) in [5.41, 5.74) is 1.12. The van der Waals surface area contributed by atoms with E-state index in [9.17, 15) is 14.7 Å². The maximum Gasteiger partial charge on any atom is 0.295 e. The van der Waals surface area contributed by atoms with Crippen molar-refractivity contribution in [1.82, 2.24) is 4.90 Å². The second kappa shape index (κ2) is 9.44. The monoisotopic (exact) mass is 437 g/mol. The second-order valence-corrected chi connectivity index (χ2v) is 7.79. The highest BCUT2D eigenvalue weighted by Crippen LogP contribution is 2.41. The zero-order chi connectivity index (χ0) is 22.7. The Labute approximate surface area is 187 Å². The number of hydrogen-bond acceptors (Lipinski definition) is 6. The van der Waals surface area contributed by atoms with Crippen molar-refractivity contribution >= 4 is 17.4 Å². The van der Waals surface area contributed by atoms with Gasteiger partial charge in [0.15, 0.2) is 0 Å². The SMILES string of the molecule is CCOc1ccc(C2/C(=C(/O)c3ccccc3OC)C(=O)C(=O)N2CC2CCCO2)cc1. The molecule has 2 atom stereocenters. The predicted molar refractivity (Wildman–Crippen MR) is 119 cm³/mol. The van der Waals surface area contributed by atoms with Crippen LogP contribution in [-0.2, 0) is 14.3 Å². The number of ether oxygens (including phenoxy) is 3. The van der Waals surface area contributed by atoms with E-state index in [0.29, 0.717) is 35.8 Å². The zero-order valence-electron chi connectivity index (χ0n) is 18.2. The zero-order valence-corrected chi connectivity index (χ0v) is 18.2. The Balaban J connectivity index is 1.82. The molecule has 2 unspecified atom stereocenters. The molecule has 32 heavy (non-hydrogen) atoms. The van der Waals surface area contributed by atoms with Crippen molar-refractivity contribution in [2.24, 2.45) is 0 Å². The van der Waals surface area contributed by atoms with Gasteiger partial charge in [0.05, 0.1) is 37.0 Å². The largest absolute Gasteiger partial charge is 0.507 e. The standard InChI is InChI=1S/C25H27NO6/c1-3-31-17-12-10-16(11-13-17)22-21(23(27)19-8-4-5-9-20(19)30-2)24(28)25(29)26(22)15-18-7-6-14-32-18/h4-5,8-13,18,22,27H,3,6-7,14-15H2,1-2H3/b23-21-. The first-order chi connectivity index (χ1) is 15.5. The summed E-state index contributed by atoms with van der Waals surface area (Å²) in [6, 6.07) is 13.4. The van der Waals surface area contributed by atoms with Crippen LogP contribution in [0.15, 0.2) is 54.1 Å². The van der Waals surface area contributed by atoms with E-state index in [1.165, 1.54) is 12.0 Å². The van der Waals surface area contributed by atoms with Crippen molar-refractivity contribution in [3.05, 3.63) is 65.2 Å². The van der Waals surface area contributed by atoms with Gasteiger partial charge < -0.3 is 24.2 Å². The smallest absolute Gasteiger partial charge is 0.295 e. The minimum absolute atomic E-state index is 0.0432. The van der Waals surface area contributed by atoms with Gasteiger partial charge in [0.25, 0.3) is 11.7 Å². The summed E-state index contributed by atoms with van der Waals surface area (Å²) in [4.78, 5) is 27.7. The van der Waals surface area contributed by atoms with Gasteiger partial charge in [-0.3, -0.25) is 9.59 Å². The van der Waals surface area contributed by atoms with Gasteiger partial charge in [-0.1, -0.05) is 24.3 Å². The highest BCUT2D eigenvalue weighted by molar-refractivity contribution is 6.46. The highest BCUT2D eigenvalue weighted by atomic mass is 16.5. The molecule has 4 rings (SSSR count). The first-order valence-electron chi connectivity index (χ1n) is 10.8. The van der Waals surface area contributed by atoms with E-state index >= 15 is 0 Å². The van der Waals surface area contributed by atoms with Crippen LogP contribution >= 0.6 is 0 Å². The number of aliphatic hydroxyl groups is 1. The molecule has 7 heteroatoms. The number of rotatable bonds is 7. The molecule has 0 aliphatic carbocycles. The Morgan fingerprint density at radius 1 is 1.16 bits per heavy atom. The molecule has 1 N–H and O–H groups in total. The van der Waals surface area contributed by atoms with E-state index in [4.69, 9.17) is 14.2 Å². The fourth-order valence-corrected chi connectivity index (χ4v) is 4.32. The molecular weight excluding hydrogens is 410 g/mol. The van der Waals surface area contributed by atoms with Crippen LogP contribution in [0.5, 0.6) is 11.5 Å². The molecule has 2 fully saturated rings. The summed E-state index contributed by atoms with van der Waals surface area (Å²) in [6.07, 6.45) is 1.61. The normalized spacial score (nSPS) is 22.4. The first-order valence-corrected chi connectivity index (χ1v) is 10.8. The lowest BCUT2D eigenvalue weighted by molar-refractivity contribution is -0.140. The molecule has 0 saturated carbocycles. The topological polar surface area (TPSA) is 85.3 Å². The quantitative estimate of drug-likeness (QED) is 0.404. The third kappa shape index (κ3) is 4.08. The van der Waals surface area contributed by atoms with Crippen molar-refractivity contribution in [1.29, 1.82) is 0 Å². The van der Waals surface area contributed by atoms with Gasteiger partial charge in [-0.05, 0) is 49.6 Å². The third-order valence-electron chi connectivity index (χ3n) is 5.83. The van der Waals surface area contributed by atoms with Gasteiger partial charge in [0, 0.05) is 13.2 Å². The van der Waals surface area contributed by atoms with Crippen molar-refractivity contribution < 1.29 is 28.9 Å². The number of amides is 1. The number of nitrogens with zero attached hydrogens (tertiary/aromatic N) is 1. The van der Waals surface area contributed by atoms with Crippen molar-refractivity contribution in [2.45, 2.75) is 31.9 Å². The number of aliphatic hydroxyl groups excluding tert-OH is 1. The third-order valence-corrected chi connectivity index (χ3v) is 5.83. The molecule has 0 radical (unpaired) electrons. The van der Waals surface area contributed by atoms with Crippen LogP contribution in [-0.4, -0.2) is 54.7 Å². The highest BCUT2D eigenvalue weighted by Gasteiger charge is 2.47. The number of Topliss-reactive ketones (excluding diaryl/α,β-unsaturated/α-hetero) is 1. The molecule has 2 aliphatic heterocycles. The Hall–Kier alpha value is -3.32. The second-order valence-electron chi connectivity index (χ2n) is 7.79. The molecule has 0 spiro atoms. The Morgan fingerprint density at radius 2 is 1.91 bits per heavy atom. The molecule has 7 nitrogen and oxygen atoms in total. The van der Waals surface area contributed by atoms with Crippen molar-refractivity contribution in [3.63, 3.8) is 0 Å². The number of likely N-dealkylation sites (tertiary alicyclic amines) is 1. The van der Waals surface area contributed by atoms with E-state index in [2.05, 4.69) is 0 Å². The van der Waals surface area contributed by atoms with Gasteiger partial charge in [-0.15, -0.1) is 0 Å². The van der Waals surface area contributed by atoms with Gasteiger partial charge in [0.2, 0.25) is 0 Å². The summed E-state index contributed by atoms with van der Waals surface area (Å²) in [5.74, 6) is -0.506. The minimum Gasteiger partial charge on any atom is -0.507 e.